The fourth-order valence-electron chi connectivity index (χ4n) is 1.36. The summed E-state index contributed by atoms with van der Waals surface area (Å²) in [6.07, 6.45) is 4.34. The molecule has 0 unspecified atom stereocenters. The topological polar surface area (TPSA) is 42.1 Å². The molecule has 0 aliphatic heterocycles. The van der Waals surface area contributed by atoms with Crippen LogP contribution in [-0.2, 0) is 6.54 Å². The highest BCUT2D eigenvalue weighted by Crippen LogP contribution is 2.08. The molecule has 1 rings (SSSR count). The van der Waals surface area contributed by atoms with Crippen LogP contribution in [0.1, 0.15) is 24.8 Å². The molecular formula is C10H19N3S. The molecule has 2 N–H and O–H groups in total. The molecule has 0 radical (unpaired) electrons. The number of hydrogen-bond donors (Lipinski definition) is 1. The lowest BCUT2D eigenvalue weighted by Crippen LogP contribution is -2.29. The molecule has 0 bridgehead atoms. The van der Waals surface area contributed by atoms with E-state index in [9.17, 15) is 0 Å². The zero-order chi connectivity index (χ0) is 10.2. The van der Waals surface area contributed by atoms with E-state index in [4.69, 9.17) is 5.73 Å². The number of unbranched alkanes of at least 4 members (excludes halogenated alkanes) is 1. The van der Waals surface area contributed by atoms with Crippen LogP contribution in [-0.4, -0.2) is 29.5 Å². The lowest BCUT2D eigenvalue weighted by atomic mass is 10.3. The summed E-state index contributed by atoms with van der Waals surface area (Å²) in [4.78, 5) is 6.66. The van der Waals surface area contributed by atoms with Gasteiger partial charge in [0, 0.05) is 24.7 Å². The van der Waals surface area contributed by atoms with E-state index in [-0.39, 0.29) is 0 Å². The first-order valence-corrected chi connectivity index (χ1v) is 6.05. The van der Waals surface area contributed by atoms with Crippen molar-refractivity contribution >= 4 is 11.3 Å². The predicted octanol–water partition coefficient (Wildman–Crippen LogP) is 1.70. The van der Waals surface area contributed by atoms with Gasteiger partial charge < -0.3 is 5.73 Å². The quantitative estimate of drug-likeness (QED) is 0.749. The minimum Gasteiger partial charge on any atom is -0.329 e. The smallest absolute Gasteiger partial charge is 0.107 e. The third-order valence-electron chi connectivity index (χ3n) is 2.12. The predicted molar refractivity (Wildman–Crippen MR) is 61.4 cm³/mol. The maximum absolute atomic E-state index is 5.57. The van der Waals surface area contributed by atoms with Crippen LogP contribution in [0.25, 0.3) is 0 Å². The van der Waals surface area contributed by atoms with Crippen LogP contribution in [0.2, 0.25) is 0 Å². The maximum atomic E-state index is 5.57. The molecule has 0 aliphatic carbocycles. The normalized spacial score (nSPS) is 11.1. The minimum absolute atomic E-state index is 0.731. The number of nitrogens with two attached hydrogens (primary N) is 1. The Balaban J connectivity index is 2.34. The van der Waals surface area contributed by atoms with E-state index >= 15 is 0 Å². The minimum atomic E-state index is 0.731. The molecule has 1 heterocycles. The number of thiazole rings is 1. The van der Waals surface area contributed by atoms with Gasteiger partial charge in [0.2, 0.25) is 0 Å². The van der Waals surface area contributed by atoms with Crippen LogP contribution in [0.3, 0.4) is 0 Å². The van der Waals surface area contributed by atoms with Gasteiger partial charge >= 0.3 is 0 Å². The Morgan fingerprint density at radius 1 is 1.50 bits per heavy atom. The van der Waals surface area contributed by atoms with Crippen molar-refractivity contribution in [3.8, 4) is 0 Å². The van der Waals surface area contributed by atoms with Gasteiger partial charge in [0.25, 0.3) is 0 Å². The van der Waals surface area contributed by atoms with Crippen molar-refractivity contribution in [1.29, 1.82) is 0 Å². The Labute approximate surface area is 89.9 Å². The summed E-state index contributed by atoms with van der Waals surface area (Å²) in [6.45, 7) is 6.00. The second kappa shape index (κ2) is 6.92. The van der Waals surface area contributed by atoms with Gasteiger partial charge in [-0.3, -0.25) is 4.90 Å². The Morgan fingerprint density at radius 3 is 2.93 bits per heavy atom. The van der Waals surface area contributed by atoms with Gasteiger partial charge in [0.05, 0.1) is 6.54 Å². The molecule has 14 heavy (non-hydrogen) atoms. The average Bonchev–Trinajstić information content (AvgIpc) is 2.67. The molecule has 0 saturated carbocycles. The highest BCUT2D eigenvalue weighted by molar-refractivity contribution is 7.09. The number of nitrogens with zero attached hydrogens (tertiary/aromatic N) is 2. The summed E-state index contributed by atoms with van der Waals surface area (Å²) in [5.41, 5.74) is 5.57. The van der Waals surface area contributed by atoms with E-state index in [1.54, 1.807) is 11.3 Å². The number of rotatable bonds is 7. The number of aromatic nitrogens is 1. The standard InChI is InChI=1S/C10H19N3S/c1-2-3-6-13(7-4-11)9-10-12-5-8-14-10/h5,8H,2-4,6-7,9,11H2,1H3. The Morgan fingerprint density at radius 2 is 2.36 bits per heavy atom. The van der Waals surface area contributed by atoms with Crippen LogP contribution in [0.15, 0.2) is 11.6 Å². The lowest BCUT2D eigenvalue weighted by Gasteiger charge is -2.19. The van der Waals surface area contributed by atoms with Crippen molar-refractivity contribution in [1.82, 2.24) is 9.88 Å². The second-order valence-corrected chi connectivity index (χ2v) is 4.32. The molecule has 0 amide bonds. The van der Waals surface area contributed by atoms with E-state index < -0.39 is 0 Å². The van der Waals surface area contributed by atoms with E-state index in [0.29, 0.717) is 0 Å². The molecule has 0 spiro atoms. The fourth-order valence-corrected chi connectivity index (χ4v) is 2.01. The van der Waals surface area contributed by atoms with E-state index in [1.807, 2.05) is 11.6 Å². The SMILES string of the molecule is CCCCN(CCN)Cc1nccs1. The molecule has 4 heteroatoms. The van der Waals surface area contributed by atoms with Crippen molar-refractivity contribution in [2.75, 3.05) is 19.6 Å². The van der Waals surface area contributed by atoms with Crippen LogP contribution in [0.4, 0.5) is 0 Å². The second-order valence-electron chi connectivity index (χ2n) is 3.34. The molecule has 0 aliphatic rings. The molecule has 0 fully saturated rings. The highest BCUT2D eigenvalue weighted by atomic mass is 32.1. The molecule has 80 valence electrons. The summed E-state index contributed by atoms with van der Waals surface area (Å²) >= 11 is 1.72. The van der Waals surface area contributed by atoms with Gasteiger partial charge in [0.1, 0.15) is 5.01 Å². The molecule has 0 atom stereocenters. The Bertz CT molecular complexity index is 223. The Hall–Kier alpha value is -0.450. The Kier molecular flexibility index (Phi) is 5.75. The first kappa shape index (κ1) is 11.6. The van der Waals surface area contributed by atoms with Crippen LogP contribution < -0.4 is 5.73 Å². The highest BCUT2D eigenvalue weighted by Gasteiger charge is 2.05. The van der Waals surface area contributed by atoms with Gasteiger partial charge in [0.15, 0.2) is 0 Å². The summed E-state index contributed by atoms with van der Waals surface area (Å²) in [5, 5.41) is 3.21. The molecule has 1 aromatic heterocycles. The van der Waals surface area contributed by atoms with Crippen LogP contribution in [0.5, 0.6) is 0 Å². The van der Waals surface area contributed by atoms with Crippen molar-refractivity contribution in [3.05, 3.63) is 16.6 Å². The maximum Gasteiger partial charge on any atom is 0.107 e. The average molecular weight is 213 g/mol. The van der Waals surface area contributed by atoms with Crippen molar-refractivity contribution in [2.24, 2.45) is 5.73 Å². The first-order valence-electron chi connectivity index (χ1n) is 5.17. The fraction of sp³-hybridized carbons (Fsp3) is 0.700. The van der Waals surface area contributed by atoms with Crippen molar-refractivity contribution in [2.45, 2.75) is 26.3 Å². The summed E-state index contributed by atoms with van der Waals surface area (Å²) < 4.78 is 0. The zero-order valence-corrected chi connectivity index (χ0v) is 9.59. The van der Waals surface area contributed by atoms with Crippen molar-refractivity contribution < 1.29 is 0 Å². The van der Waals surface area contributed by atoms with Crippen LogP contribution in [0, 0.1) is 0 Å². The van der Waals surface area contributed by atoms with E-state index in [2.05, 4.69) is 16.8 Å². The monoisotopic (exact) mass is 213 g/mol. The summed E-state index contributed by atoms with van der Waals surface area (Å²) in [6, 6.07) is 0. The van der Waals surface area contributed by atoms with Gasteiger partial charge in [-0.05, 0) is 13.0 Å². The largest absolute Gasteiger partial charge is 0.329 e. The first-order chi connectivity index (χ1) is 6.86. The van der Waals surface area contributed by atoms with Crippen molar-refractivity contribution in [3.63, 3.8) is 0 Å². The van der Waals surface area contributed by atoms with E-state index in [1.165, 1.54) is 17.8 Å². The van der Waals surface area contributed by atoms with Gasteiger partial charge in [-0.25, -0.2) is 4.98 Å². The molecule has 0 saturated heterocycles. The molecule has 3 nitrogen and oxygen atoms in total. The molecular weight excluding hydrogens is 194 g/mol. The number of hydrogen-bond acceptors (Lipinski definition) is 4. The zero-order valence-electron chi connectivity index (χ0n) is 8.78. The third-order valence-corrected chi connectivity index (χ3v) is 2.88. The van der Waals surface area contributed by atoms with Gasteiger partial charge in [-0.15, -0.1) is 11.3 Å². The van der Waals surface area contributed by atoms with E-state index in [0.717, 1.165) is 26.2 Å². The third kappa shape index (κ3) is 4.17. The van der Waals surface area contributed by atoms with Gasteiger partial charge in [-0.2, -0.15) is 0 Å². The van der Waals surface area contributed by atoms with Gasteiger partial charge in [-0.1, -0.05) is 13.3 Å². The summed E-state index contributed by atoms with van der Waals surface area (Å²) in [7, 11) is 0. The van der Waals surface area contributed by atoms with Crippen LogP contribution >= 0.6 is 11.3 Å². The lowest BCUT2D eigenvalue weighted by molar-refractivity contribution is 0.268. The molecule has 1 aromatic rings. The summed E-state index contributed by atoms with van der Waals surface area (Å²) in [5.74, 6) is 0. The molecule has 0 aromatic carbocycles.